The number of pyridine rings is 1. The molecule has 0 N–H and O–H groups in total. The van der Waals surface area contributed by atoms with Crippen LogP contribution in [0.5, 0.6) is 0 Å². The van der Waals surface area contributed by atoms with Crippen LogP contribution < -0.4 is 4.57 Å². The quantitative estimate of drug-likeness (QED) is 0.609. The summed E-state index contributed by atoms with van der Waals surface area (Å²) < 4.78 is 2.05. The smallest absolute Gasteiger partial charge is 0.177 e. The molecule has 0 atom stereocenters. The second-order valence-electron chi connectivity index (χ2n) is 4.80. The Hall–Kier alpha value is -2.12. The van der Waals surface area contributed by atoms with Crippen molar-refractivity contribution in [3.8, 4) is 22.3 Å². The molecule has 0 aliphatic heterocycles. The van der Waals surface area contributed by atoms with Crippen LogP contribution in [0, 0.1) is 0 Å². The zero-order valence-corrected chi connectivity index (χ0v) is 12.0. The SMILES string of the molecule is C[n+]1cc(-c2ccccc2)c(Cl)c(-c2ccccc2)c1. The lowest BCUT2D eigenvalue weighted by molar-refractivity contribution is -0.670. The fourth-order valence-electron chi connectivity index (χ4n) is 2.34. The first kappa shape index (κ1) is 12.9. The Morgan fingerprint density at radius 1 is 0.700 bits per heavy atom. The molecule has 1 heterocycles. The molecule has 0 saturated heterocycles. The third-order valence-electron chi connectivity index (χ3n) is 3.31. The number of aryl methyl sites for hydroxylation is 1. The highest BCUT2D eigenvalue weighted by Crippen LogP contribution is 2.34. The highest BCUT2D eigenvalue weighted by molar-refractivity contribution is 6.35. The second-order valence-corrected chi connectivity index (χ2v) is 5.18. The summed E-state index contributed by atoms with van der Waals surface area (Å²) in [7, 11) is 2.02. The van der Waals surface area contributed by atoms with Gasteiger partial charge in [-0.25, -0.2) is 4.57 Å². The van der Waals surface area contributed by atoms with E-state index in [4.69, 9.17) is 11.6 Å². The van der Waals surface area contributed by atoms with Gasteiger partial charge in [0.25, 0.3) is 0 Å². The van der Waals surface area contributed by atoms with Gasteiger partial charge < -0.3 is 0 Å². The molecule has 0 radical (unpaired) electrons. The van der Waals surface area contributed by atoms with Crippen LogP contribution in [0.25, 0.3) is 22.3 Å². The molecule has 3 rings (SSSR count). The fourth-order valence-corrected chi connectivity index (χ4v) is 2.66. The fraction of sp³-hybridized carbons (Fsp3) is 0.0556. The molecule has 98 valence electrons. The Kier molecular flexibility index (Phi) is 3.53. The van der Waals surface area contributed by atoms with E-state index in [1.54, 1.807) is 0 Å². The Labute approximate surface area is 124 Å². The summed E-state index contributed by atoms with van der Waals surface area (Å²) in [4.78, 5) is 0. The van der Waals surface area contributed by atoms with Crippen molar-refractivity contribution < 1.29 is 4.57 Å². The van der Waals surface area contributed by atoms with Crippen LogP contribution in [0.3, 0.4) is 0 Å². The van der Waals surface area contributed by atoms with Crippen molar-refractivity contribution in [1.29, 1.82) is 0 Å². The van der Waals surface area contributed by atoms with Crippen molar-refractivity contribution in [2.75, 3.05) is 0 Å². The first-order valence-corrected chi connectivity index (χ1v) is 6.93. The Balaban J connectivity index is 2.22. The van der Waals surface area contributed by atoms with Gasteiger partial charge in [-0.15, -0.1) is 0 Å². The lowest BCUT2D eigenvalue weighted by Gasteiger charge is -2.08. The standard InChI is InChI=1S/C18H15ClN/c1-20-12-16(14-8-4-2-5-9-14)18(19)17(13-20)15-10-6-3-7-11-15/h2-13H,1H3/q+1. The minimum absolute atomic E-state index is 0.792. The van der Waals surface area contributed by atoms with E-state index in [0.717, 1.165) is 27.3 Å². The summed E-state index contributed by atoms with van der Waals surface area (Å²) >= 11 is 6.64. The van der Waals surface area contributed by atoms with E-state index in [-0.39, 0.29) is 0 Å². The molecular weight excluding hydrogens is 266 g/mol. The average Bonchev–Trinajstić information content (AvgIpc) is 2.51. The summed E-state index contributed by atoms with van der Waals surface area (Å²) in [6.45, 7) is 0. The molecule has 3 aromatic rings. The maximum Gasteiger partial charge on any atom is 0.177 e. The van der Waals surface area contributed by atoms with Gasteiger partial charge in [-0.05, 0) is 11.1 Å². The summed E-state index contributed by atoms with van der Waals surface area (Å²) in [5.41, 5.74) is 4.36. The predicted molar refractivity (Wildman–Crippen MR) is 83.5 cm³/mol. The van der Waals surface area contributed by atoms with E-state index in [2.05, 4.69) is 41.2 Å². The highest BCUT2D eigenvalue weighted by Gasteiger charge is 2.15. The predicted octanol–water partition coefficient (Wildman–Crippen LogP) is 4.50. The molecule has 0 aliphatic rings. The van der Waals surface area contributed by atoms with Gasteiger partial charge in [0.1, 0.15) is 7.05 Å². The van der Waals surface area contributed by atoms with Crippen LogP contribution in [-0.2, 0) is 7.05 Å². The summed E-state index contributed by atoms with van der Waals surface area (Å²) in [6, 6.07) is 20.5. The zero-order chi connectivity index (χ0) is 13.9. The Bertz CT molecular complexity index is 660. The van der Waals surface area contributed by atoms with E-state index in [9.17, 15) is 0 Å². The monoisotopic (exact) mass is 280 g/mol. The first-order chi connectivity index (χ1) is 9.75. The molecule has 1 nitrogen and oxygen atoms in total. The molecular formula is C18H15ClN+. The van der Waals surface area contributed by atoms with Gasteiger partial charge >= 0.3 is 0 Å². The van der Waals surface area contributed by atoms with E-state index in [1.165, 1.54) is 0 Å². The van der Waals surface area contributed by atoms with Crippen molar-refractivity contribution in [3.63, 3.8) is 0 Å². The summed E-state index contributed by atoms with van der Waals surface area (Å²) in [5.74, 6) is 0. The van der Waals surface area contributed by atoms with Crippen molar-refractivity contribution in [3.05, 3.63) is 78.1 Å². The number of hydrogen-bond acceptors (Lipinski definition) is 0. The normalized spacial score (nSPS) is 10.5. The van der Waals surface area contributed by atoms with Crippen LogP contribution in [0.15, 0.2) is 73.1 Å². The average molecular weight is 281 g/mol. The number of halogens is 1. The van der Waals surface area contributed by atoms with Crippen molar-refractivity contribution in [2.45, 2.75) is 0 Å². The van der Waals surface area contributed by atoms with Gasteiger partial charge in [0, 0.05) is 0 Å². The van der Waals surface area contributed by atoms with Gasteiger partial charge in [0.15, 0.2) is 12.4 Å². The van der Waals surface area contributed by atoms with E-state index in [0.29, 0.717) is 0 Å². The number of benzene rings is 2. The van der Waals surface area contributed by atoms with E-state index >= 15 is 0 Å². The molecule has 20 heavy (non-hydrogen) atoms. The van der Waals surface area contributed by atoms with E-state index < -0.39 is 0 Å². The zero-order valence-electron chi connectivity index (χ0n) is 11.3. The molecule has 0 saturated carbocycles. The topological polar surface area (TPSA) is 3.88 Å². The lowest BCUT2D eigenvalue weighted by Crippen LogP contribution is -2.27. The van der Waals surface area contributed by atoms with Gasteiger partial charge in [0.05, 0.1) is 16.1 Å². The molecule has 1 aromatic heterocycles. The second kappa shape index (κ2) is 5.48. The van der Waals surface area contributed by atoms with Crippen molar-refractivity contribution >= 4 is 11.6 Å². The third-order valence-corrected chi connectivity index (χ3v) is 3.72. The number of hydrogen-bond donors (Lipinski definition) is 0. The van der Waals surface area contributed by atoms with Gasteiger partial charge in [0.2, 0.25) is 0 Å². The first-order valence-electron chi connectivity index (χ1n) is 6.55. The molecule has 0 aliphatic carbocycles. The minimum atomic E-state index is 0.792. The lowest BCUT2D eigenvalue weighted by atomic mass is 10.0. The molecule has 0 unspecified atom stereocenters. The highest BCUT2D eigenvalue weighted by atomic mass is 35.5. The van der Waals surface area contributed by atoms with E-state index in [1.807, 2.05) is 43.4 Å². The molecule has 2 heteroatoms. The van der Waals surface area contributed by atoms with Crippen LogP contribution in [0.2, 0.25) is 5.02 Å². The number of rotatable bonds is 2. The number of aromatic nitrogens is 1. The van der Waals surface area contributed by atoms with Gasteiger partial charge in [-0.2, -0.15) is 0 Å². The maximum atomic E-state index is 6.64. The molecule has 0 amide bonds. The van der Waals surface area contributed by atoms with Gasteiger partial charge in [-0.3, -0.25) is 0 Å². The summed E-state index contributed by atoms with van der Waals surface area (Å²) in [6.07, 6.45) is 4.12. The molecule has 0 bridgehead atoms. The number of nitrogens with zero attached hydrogens (tertiary/aromatic N) is 1. The Morgan fingerprint density at radius 2 is 1.10 bits per heavy atom. The third kappa shape index (κ3) is 2.45. The van der Waals surface area contributed by atoms with Crippen LogP contribution in [-0.4, -0.2) is 0 Å². The van der Waals surface area contributed by atoms with Crippen LogP contribution >= 0.6 is 11.6 Å². The van der Waals surface area contributed by atoms with Crippen LogP contribution in [0.4, 0.5) is 0 Å². The van der Waals surface area contributed by atoms with Crippen LogP contribution in [0.1, 0.15) is 0 Å². The molecule has 0 spiro atoms. The minimum Gasteiger partial charge on any atom is -0.207 e. The van der Waals surface area contributed by atoms with Crippen molar-refractivity contribution in [1.82, 2.24) is 0 Å². The maximum absolute atomic E-state index is 6.64. The van der Waals surface area contributed by atoms with Gasteiger partial charge in [-0.1, -0.05) is 72.3 Å². The molecule has 0 fully saturated rings. The largest absolute Gasteiger partial charge is 0.207 e. The molecule has 2 aromatic carbocycles. The summed E-state index contributed by atoms with van der Waals surface area (Å²) in [5, 5.41) is 0.792. The Morgan fingerprint density at radius 3 is 1.50 bits per heavy atom. The van der Waals surface area contributed by atoms with Crippen molar-refractivity contribution in [2.24, 2.45) is 7.05 Å².